The molecule has 0 aliphatic carbocycles. The molecule has 0 aliphatic rings. The van der Waals surface area contributed by atoms with Gasteiger partial charge in [0, 0.05) is 9.26 Å². The number of rotatable bonds is 5. The molecule has 0 spiro atoms. The second-order valence-electron chi connectivity index (χ2n) is 4.56. The van der Waals surface area contributed by atoms with Gasteiger partial charge in [-0.05, 0) is 59.2 Å². The van der Waals surface area contributed by atoms with Gasteiger partial charge in [-0.2, -0.15) is 5.10 Å². The Morgan fingerprint density at radius 2 is 2.05 bits per heavy atom. The standard InChI is InChI=1S/C15H17IN4S/c1-3-11-12(4-2)19-20-15(13(11)14(17)21)18-10-7-5-6-9(16)8-10/h5-8H,3-4H2,1-2H3,(H2,17,21)(H,18,20). The van der Waals surface area contributed by atoms with Crippen LogP contribution in [0.15, 0.2) is 24.3 Å². The number of aryl methyl sites for hydroxylation is 1. The average Bonchev–Trinajstić information content (AvgIpc) is 2.46. The van der Waals surface area contributed by atoms with Crippen LogP contribution in [0.2, 0.25) is 0 Å². The summed E-state index contributed by atoms with van der Waals surface area (Å²) in [6.07, 6.45) is 1.64. The maximum Gasteiger partial charge on any atom is 0.163 e. The summed E-state index contributed by atoms with van der Waals surface area (Å²) in [5.41, 5.74) is 9.70. The van der Waals surface area contributed by atoms with Gasteiger partial charge < -0.3 is 11.1 Å². The molecule has 1 heterocycles. The summed E-state index contributed by atoms with van der Waals surface area (Å²) in [5.74, 6) is 0.624. The lowest BCUT2D eigenvalue weighted by Crippen LogP contribution is -2.18. The summed E-state index contributed by atoms with van der Waals surface area (Å²) in [4.78, 5) is 0.351. The van der Waals surface area contributed by atoms with Crippen molar-refractivity contribution in [1.82, 2.24) is 10.2 Å². The van der Waals surface area contributed by atoms with Gasteiger partial charge in [-0.1, -0.05) is 32.1 Å². The van der Waals surface area contributed by atoms with Crippen molar-refractivity contribution in [2.24, 2.45) is 5.73 Å². The molecule has 21 heavy (non-hydrogen) atoms. The predicted octanol–water partition coefficient (Wildman–Crippen LogP) is 3.58. The lowest BCUT2D eigenvalue weighted by molar-refractivity contribution is 0.879. The zero-order valence-electron chi connectivity index (χ0n) is 12.0. The molecule has 0 atom stereocenters. The lowest BCUT2D eigenvalue weighted by atomic mass is 10.0. The third-order valence-corrected chi connectivity index (χ3v) is 4.05. The minimum absolute atomic E-state index is 0.351. The van der Waals surface area contributed by atoms with Gasteiger partial charge in [-0.3, -0.25) is 0 Å². The van der Waals surface area contributed by atoms with Gasteiger partial charge in [0.15, 0.2) is 5.82 Å². The summed E-state index contributed by atoms with van der Waals surface area (Å²) >= 11 is 7.49. The molecule has 0 aliphatic heterocycles. The van der Waals surface area contributed by atoms with E-state index in [4.69, 9.17) is 18.0 Å². The van der Waals surface area contributed by atoms with Gasteiger partial charge in [-0.25, -0.2) is 0 Å². The quantitative estimate of drug-likeness (QED) is 0.581. The van der Waals surface area contributed by atoms with E-state index < -0.39 is 0 Å². The number of benzene rings is 1. The Morgan fingerprint density at radius 3 is 2.62 bits per heavy atom. The maximum absolute atomic E-state index is 5.92. The average molecular weight is 412 g/mol. The smallest absolute Gasteiger partial charge is 0.163 e. The van der Waals surface area contributed by atoms with E-state index in [1.807, 2.05) is 24.3 Å². The SMILES string of the molecule is CCc1nnc(Nc2cccc(I)c2)c(C(N)=S)c1CC. The van der Waals surface area contributed by atoms with Gasteiger partial charge in [0.1, 0.15) is 4.99 Å². The first kappa shape index (κ1) is 16.1. The van der Waals surface area contributed by atoms with E-state index in [9.17, 15) is 0 Å². The molecule has 0 amide bonds. The number of nitrogens with one attached hydrogen (secondary N) is 1. The monoisotopic (exact) mass is 412 g/mol. The topological polar surface area (TPSA) is 63.8 Å². The largest absolute Gasteiger partial charge is 0.389 e. The van der Waals surface area contributed by atoms with E-state index in [1.54, 1.807) is 0 Å². The molecule has 0 saturated heterocycles. The molecule has 0 fully saturated rings. The molecular weight excluding hydrogens is 395 g/mol. The van der Waals surface area contributed by atoms with Crippen molar-refractivity contribution in [1.29, 1.82) is 0 Å². The second kappa shape index (κ2) is 7.13. The van der Waals surface area contributed by atoms with Crippen LogP contribution in [0.4, 0.5) is 11.5 Å². The number of nitrogens with zero attached hydrogens (tertiary/aromatic N) is 2. The number of halogens is 1. The van der Waals surface area contributed by atoms with Crippen molar-refractivity contribution in [2.45, 2.75) is 26.7 Å². The first-order chi connectivity index (χ1) is 10.1. The number of anilines is 2. The Bertz CT molecular complexity index is 673. The summed E-state index contributed by atoms with van der Waals surface area (Å²) in [6, 6.07) is 8.03. The highest BCUT2D eigenvalue weighted by Crippen LogP contribution is 2.24. The minimum atomic E-state index is 0.351. The molecule has 0 unspecified atom stereocenters. The summed E-state index contributed by atoms with van der Waals surface area (Å²) in [6.45, 7) is 4.13. The van der Waals surface area contributed by atoms with Crippen molar-refractivity contribution in [3.05, 3.63) is 44.7 Å². The molecule has 110 valence electrons. The number of hydrogen-bond acceptors (Lipinski definition) is 4. The Labute approximate surface area is 143 Å². The molecule has 2 aromatic rings. The van der Waals surface area contributed by atoms with Crippen molar-refractivity contribution in [3.8, 4) is 0 Å². The fourth-order valence-corrected chi connectivity index (χ4v) is 2.99. The molecule has 0 radical (unpaired) electrons. The Hall–Kier alpha value is -1.28. The molecule has 0 saturated carbocycles. The highest BCUT2D eigenvalue weighted by molar-refractivity contribution is 14.1. The normalized spacial score (nSPS) is 10.4. The van der Waals surface area contributed by atoms with Crippen LogP contribution >= 0.6 is 34.8 Å². The van der Waals surface area contributed by atoms with Crippen LogP contribution in [0, 0.1) is 3.57 Å². The van der Waals surface area contributed by atoms with Gasteiger partial charge in [0.2, 0.25) is 0 Å². The van der Waals surface area contributed by atoms with E-state index >= 15 is 0 Å². The van der Waals surface area contributed by atoms with Crippen molar-refractivity contribution in [3.63, 3.8) is 0 Å². The van der Waals surface area contributed by atoms with Gasteiger partial charge in [0.05, 0.1) is 11.3 Å². The van der Waals surface area contributed by atoms with Crippen LogP contribution in [0.1, 0.15) is 30.7 Å². The van der Waals surface area contributed by atoms with E-state index in [-0.39, 0.29) is 0 Å². The first-order valence-corrected chi connectivity index (χ1v) is 8.26. The van der Waals surface area contributed by atoms with Gasteiger partial charge in [-0.15, -0.1) is 5.10 Å². The van der Waals surface area contributed by atoms with E-state index in [0.29, 0.717) is 10.8 Å². The number of hydrogen-bond donors (Lipinski definition) is 2. The second-order valence-corrected chi connectivity index (χ2v) is 6.24. The Morgan fingerprint density at radius 1 is 1.29 bits per heavy atom. The molecule has 1 aromatic heterocycles. The third-order valence-electron chi connectivity index (χ3n) is 3.18. The van der Waals surface area contributed by atoms with Crippen molar-refractivity contribution in [2.75, 3.05) is 5.32 Å². The van der Waals surface area contributed by atoms with Gasteiger partial charge >= 0.3 is 0 Å². The maximum atomic E-state index is 5.92. The van der Waals surface area contributed by atoms with Crippen LogP contribution in [-0.4, -0.2) is 15.2 Å². The summed E-state index contributed by atoms with van der Waals surface area (Å²) < 4.78 is 1.14. The van der Waals surface area contributed by atoms with Crippen LogP contribution in [0.5, 0.6) is 0 Å². The van der Waals surface area contributed by atoms with Crippen molar-refractivity contribution >= 4 is 51.3 Å². The van der Waals surface area contributed by atoms with E-state index in [1.165, 1.54) is 0 Å². The van der Waals surface area contributed by atoms with E-state index in [0.717, 1.165) is 38.9 Å². The molecular formula is C15H17IN4S. The fourth-order valence-electron chi connectivity index (χ4n) is 2.23. The van der Waals surface area contributed by atoms with Crippen LogP contribution < -0.4 is 11.1 Å². The fraction of sp³-hybridized carbons (Fsp3) is 0.267. The highest BCUT2D eigenvalue weighted by atomic mass is 127. The molecule has 0 bridgehead atoms. The Kier molecular flexibility index (Phi) is 5.46. The molecule has 4 nitrogen and oxygen atoms in total. The highest BCUT2D eigenvalue weighted by Gasteiger charge is 2.16. The zero-order valence-corrected chi connectivity index (χ0v) is 15.0. The summed E-state index contributed by atoms with van der Waals surface area (Å²) in [5, 5.41) is 11.8. The minimum Gasteiger partial charge on any atom is -0.389 e. The van der Waals surface area contributed by atoms with Crippen LogP contribution in [-0.2, 0) is 12.8 Å². The third kappa shape index (κ3) is 3.68. The number of nitrogens with two attached hydrogens (primary N) is 1. The first-order valence-electron chi connectivity index (χ1n) is 6.77. The number of thiocarbonyl (C=S) groups is 1. The lowest BCUT2D eigenvalue weighted by Gasteiger charge is -2.15. The zero-order chi connectivity index (χ0) is 15.4. The molecule has 2 rings (SSSR count). The van der Waals surface area contributed by atoms with Crippen LogP contribution in [0.25, 0.3) is 0 Å². The molecule has 6 heteroatoms. The van der Waals surface area contributed by atoms with Crippen LogP contribution in [0.3, 0.4) is 0 Å². The number of aromatic nitrogens is 2. The Balaban J connectivity index is 2.50. The molecule has 1 aromatic carbocycles. The van der Waals surface area contributed by atoms with E-state index in [2.05, 4.69) is 52.0 Å². The molecule has 3 N–H and O–H groups in total. The van der Waals surface area contributed by atoms with Crippen molar-refractivity contribution < 1.29 is 0 Å². The van der Waals surface area contributed by atoms with Gasteiger partial charge in [0.25, 0.3) is 0 Å². The summed E-state index contributed by atoms with van der Waals surface area (Å²) in [7, 11) is 0. The predicted molar refractivity (Wildman–Crippen MR) is 99.1 cm³/mol.